The molecule has 0 bridgehead atoms. The number of nitrogens with zero attached hydrogens (tertiary/aromatic N) is 3. The third-order valence-corrected chi connectivity index (χ3v) is 3.86. The van der Waals surface area contributed by atoms with Crippen LogP contribution in [0.25, 0.3) is 0 Å². The molecule has 0 aliphatic heterocycles. The molecule has 28 heavy (non-hydrogen) atoms. The van der Waals surface area contributed by atoms with Gasteiger partial charge in [-0.25, -0.2) is 4.79 Å². The second kappa shape index (κ2) is 9.31. The van der Waals surface area contributed by atoms with E-state index in [1.54, 1.807) is 38.3 Å². The predicted molar refractivity (Wildman–Crippen MR) is 106 cm³/mol. The van der Waals surface area contributed by atoms with Crippen LogP contribution in [0, 0.1) is 0 Å². The first-order valence-electron chi connectivity index (χ1n) is 8.79. The molecule has 0 spiro atoms. The Morgan fingerprint density at radius 1 is 1.11 bits per heavy atom. The van der Waals surface area contributed by atoms with Gasteiger partial charge in [-0.2, -0.15) is 10.1 Å². The van der Waals surface area contributed by atoms with Crippen LogP contribution < -0.4 is 15.4 Å². The molecule has 0 unspecified atom stereocenters. The standard InChI is InChI=1S/C20H21N5O3/c1-3-28-19(26)14-8-10-16(11-9-14)23-18-13-22-25-20(24-18)21-12-15-6-4-5-7-17(15)27-2/h4-11,13H,3,12H2,1-2H3,(H2,21,23,24,25). The number of carbonyl (C=O) groups is 1. The van der Waals surface area contributed by atoms with Gasteiger partial charge in [-0.3, -0.25) is 0 Å². The van der Waals surface area contributed by atoms with Crippen molar-refractivity contribution in [3.63, 3.8) is 0 Å². The molecule has 3 rings (SSSR count). The number of nitrogens with one attached hydrogen (secondary N) is 2. The summed E-state index contributed by atoms with van der Waals surface area (Å²) in [6.07, 6.45) is 1.52. The van der Waals surface area contributed by atoms with E-state index in [2.05, 4.69) is 25.8 Å². The Kier molecular flexibility index (Phi) is 6.35. The number of benzene rings is 2. The predicted octanol–water partition coefficient (Wildman–Crippen LogP) is 3.41. The van der Waals surface area contributed by atoms with Crippen molar-refractivity contribution >= 4 is 23.4 Å². The van der Waals surface area contributed by atoms with E-state index >= 15 is 0 Å². The van der Waals surface area contributed by atoms with Gasteiger partial charge >= 0.3 is 5.97 Å². The zero-order chi connectivity index (χ0) is 19.8. The minimum absolute atomic E-state index is 0.343. The molecule has 0 atom stereocenters. The van der Waals surface area contributed by atoms with Gasteiger partial charge in [0.1, 0.15) is 5.75 Å². The Labute approximate surface area is 162 Å². The van der Waals surface area contributed by atoms with Crippen LogP contribution in [0.5, 0.6) is 5.75 Å². The van der Waals surface area contributed by atoms with Gasteiger partial charge in [0.25, 0.3) is 0 Å². The van der Waals surface area contributed by atoms with Gasteiger partial charge in [-0.05, 0) is 37.3 Å². The maximum atomic E-state index is 11.7. The summed E-state index contributed by atoms with van der Waals surface area (Å²) < 4.78 is 10.3. The van der Waals surface area contributed by atoms with Gasteiger partial charge in [0.2, 0.25) is 5.95 Å². The molecule has 0 aliphatic carbocycles. The van der Waals surface area contributed by atoms with Crippen LogP contribution in [-0.2, 0) is 11.3 Å². The van der Waals surface area contributed by atoms with Crippen molar-refractivity contribution in [2.24, 2.45) is 0 Å². The summed E-state index contributed by atoms with van der Waals surface area (Å²) >= 11 is 0. The normalized spacial score (nSPS) is 10.2. The average molecular weight is 379 g/mol. The molecule has 144 valence electrons. The summed E-state index contributed by atoms with van der Waals surface area (Å²) in [6.45, 7) is 2.62. The molecule has 2 aromatic carbocycles. The second-order valence-electron chi connectivity index (χ2n) is 5.75. The van der Waals surface area contributed by atoms with Gasteiger partial charge in [0.05, 0.1) is 25.5 Å². The van der Waals surface area contributed by atoms with E-state index in [-0.39, 0.29) is 5.97 Å². The number of hydrogen-bond donors (Lipinski definition) is 2. The van der Waals surface area contributed by atoms with Crippen molar-refractivity contribution in [1.29, 1.82) is 0 Å². The molecule has 2 N–H and O–H groups in total. The lowest BCUT2D eigenvalue weighted by Crippen LogP contribution is -2.07. The van der Waals surface area contributed by atoms with E-state index in [1.807, 2.05) is 24.3 Å². The summed E-state index contributed by atoms with van der Waals surface area (Å²) in [5.74, 6) is 1.36. The van der Waals surface area contributed by atoms with Gasteiger partial charge in [-0.15, -0.1) is 5.10 Å². The van der Waals surface area contributed by atoms with Crippen molar-refractivity contribution in [2.75, 3.05) is 24.4 Å². The monoisotopic (exact) mass is 379 g/mol. The van der Waals surface area contributed by atoms with Crippen molar-refractivity contribution in [3.8, 4) is 5.75 Å². The van der Waals surface area contributed by atoms with Crippen molar-refractivity contribution in [2.45, 2.75) is 13.5 Å². The maximum absolute atomic E-state index is 11.7. The number of esters is 1. The van der Waals surface area contributed by atoms with Crippen LogP contribution in [0.3, 0.4) is 0 Å². The maximum Gasteiger partial charge on any atom is 0.338 e. The van der Waals surface area contributed by atoms with E-state index in [0.717, 1.165) is 17.0 Å². The molecule has 3 aromatic rings. The number of methoxy groups -OCH3 is 1. The topological polar surface area (TPSA) is 98.3 Å². The molecule has 0 saturated heterocycles. The molecular formula is C20H21N5O3. The highest BCUT2D eigenvalue weighted by atomic mass is 16.5. The van der Waals surface area contributed by atoms with Crippen LogP contribution in [0.4, 0.5) is 17.5 Å². The Bertz CT molecular complexity index is 931. The molecule has 0 aliphatic rings. The molecule has 1 aromatic heterocycles. The van der Waals surface area contributed by atoms with Gasteiger partial charge in [0, 0.05) is 17.8 Å². The second-order valence-corrected chi connectivity index (χ2v) is 5.75. The Hall–Kier alpha value is -3.68. The fourth-order valence-electron chi connectivity index (χ4n) is 2.51. The largest absolute Gasteiger partial charge is 0.496 e. The highest BCUT2D eigenvalue weighted by Crippen LogP contribution is 2.19. The number of hydrogen-bond acceptors (Lipinski definition) is 8. The van der Waals surface area contributed by atoms with Crippen molar-refractivity contribution in [3.05, 3.63) is 65.9 Å². The number of ether oxygens (including phenoxy) is 2. The first kappa shape index (κ1) is 19.1. The lowest BCUT2D eigenvalue weighted by Gasteiger charge is -2.10. The highest BCUT2D eigenvalue weighted by Gasteiger charge is 2.07. The van der Waals surface area contributed by atoms with E-state index in [0.29, 0.717) is 30.5 Å². The lowest BCUT2D eigenvalue weighted by molar-refractivity contribution is 0.0526. The molecule has 1 heterocycles. The minimum atomic E-state index is -0.347. The number of para-hydroxylation sites is 1. The number of carbonyl (C=O) groups excluding carboxylic acids is 1. The van der Waals surface area contributed by atoms with E-state index in [1.165, 1.54) is 6.20 Å². The summed E-state index contributed by atoms with van der Waals surface area (Å²) in [7, 11) is 1.63. The third-order valence-electron chi connectivity index (χ3n) is 3.86. The van der Waals surface area contributed by atoms with E-state index in [4.69, 9.17) is 9.47 Å². The van der Waals surface area contributed by atoms with Crippen LogP contribution >= 0.6 is 0 Å². The van der Waals surface area contributed by atoms with Crippen LogP contribution in [-0.4, -0.2) is 34.9 Å². The zero-order valence-corrected chi connectivity index (χ0v) is 15.7. The number of anilines is 3. The van der Waals surface area contributed by atoms with E-state index < -0.39 is 0 Å². The smallest absolute Gasteiger partial charge is 0.338 e. The summed E-state index contributed by atoms with van der Waals surface area (Å²) in [5.41, 5.74) is 2.25. The third kappa shape index (κ3) is 4.94. The van der Waals surface area contributed by atoms with Crippen LogP contribution in [0.2, 0.25) is 0 Å². The molecule has 0 amide bonds. The molecule has 0 saturated carbocycles. The van der Waals surface area contributed by atoms with E-state index in [9.17, 15) is 4.79 Å². The molecular weight excluding hydrogens is 358 g/mol. The molecule has 8 heteroatoms. The summed E-state index contributed by atoms with van der Waals surface area (Å²) in [5, 5.41) is 14.2. The summed E-state index contributed by atoms with van der Waals surface area (Å²) in [6, 6.07) is 14.6. The van der Waals surface area contributed by atoms with Gasteiger partial charge < -0.3 is 20.1 Å². The number of aromatic nitrogens is 3. The van der Waals surface area contributed by atoms with Crippen LogP contribution in [0.15, 0.2) is 54.7 Å². The SMILES string of the molecule is CCOC(=O)c1ccc(Nc2cnnc(NCc3ccccc3OC)n2)cc1. The molecule has 8 nitrogen and oxygen atoms in total. The van der Waals surface area contributed by atoms with Gasteiger partial charge in [0.15, 0.2) is 5.82 Å². The Morgan fingerprint density at radius 3 is 2.64 bits per heavy atom. The quantitative estimate of drug-likeness (QED) is 0.575. The number of rotatable bonds is 8. The average Bonchev–Trinajstić information content (AvgIpc) is 2.73. The fourth-order valence-corrected chi connectivity index (χ4v) is 2.51. The lowest BCUT2D eigenvalue weighted by atomic mass is 10.2. The highest BCUT2D eigenvalue weighted by molar-refractivity contribution is 5.89. The molecule has 0 fully saturated rings. The zero-order valence-electron chi connectivity index (χ0n) is 15.7. The fraction of sp³-hybridized carbons (Fsp3) is 0.200. The first-order valence-corrected chi connectivity index (χ1v) is 8.79. The Morgan fingerprint density at radius 2 is 1.89 bits per heavy atom. The van der Waals surface area contributed by atoms with Crippen molar-refractivity contribution < 1.29 is 14.3 Å². The Balaban J connectivity index is 1.64. The molecule has 0 radical (unpaired) electrons. The van der Waals surface area contributed by atoms with Crippen LogP contribution in [0.1, 0.15) is 22.8 Å². The van der Waals surface area contributed by atoms with Crippen molar-refractivity contribution in [1.82, 2.24) is 15.2 Å². The summed E-state index contributed by atoms with van der Waals surface area (Å²) in [4.78, 5) is 16.1. The first-order chi connectivity index (χ1) is 13.7. The minimum Gasteiger partial charge on any atom is -0.496 e. The van der Waals surface area contributed by atoms with Gasteiger partial charge in [-0.1, -0.05) is 18.2 Å².